The SMILES string of the molecule is C=C(c1ccc(C)c(NCc2c(F)ccc(O)c2F)c1)N1Cc2ccccc2CC1N(C(C)=O)C(C)CC.C=CN.CC.CCc1ccc(N)cc1. The van der Waals surface area contributed by atoms with Crippen molar-refractivity contribution in [2.75, 3.05) is 11.1 Å². The summed E-state index contributed by atoms with van der Waals surface area (Å²) in [6.45, 7) is 21.8. The van der Waals surface area contributed by atoms with Gasteiger partial charge in [0.05, 0.1) is 0 Å². The molecule has 9 heteroatoms. The van der Waals surface area contributed by atoms with Crippen molar-refractivity contribution in [3.8, 4) is 5.75 Å². The Hall–Kier alpha value is -5.31. The molecule has 52 heavy (non-hydrogen) atoms. The monoisotopic (exact) mass is 713 g/mol. The third-order valence-corrected chi connectivity index (χ3v) is 8.90. The highest BCUT2D eigenvalue weighted by atomic mass is 19.1. The first-order valence-electron chi connectivity index (χ1n) is 17.9. The van der Waals surface area contributed by atoms with Gasteiger partial charge in [0, 0.05) is 55.1 Å². The number of anilines is 2. The molecule has 0 aromatic heterocycles. The molecule has 0 fully saturated rings. The van der Waals surface area contributed by atoms with Crippen molar-refractivity contribution in [2.24, 2.45) is 5.73 Å². The molecule has 0 radical (unpaired) electrons. The number of nitrogens with zero attached hydrogens (tertiary/aromatic N) is 2. The fraction of sp³-hybridized carbons (Fsp3) is 0.326. The largest absolute Gasteiger partial charge is 0.505 e. The van der Waals surface area contributed by atoms with Crippen LogP contribution in [0.25, 0.3) is 5.70 Å². The fourth-order valence-electron chi connectivity index (χ4n) is 5.88. The van der Waals surface area contributed by atoms with Crippen LogP contribution in [0, 0.1) is 18.6 Å². The van der Waals surface area contributed by atoms with E-state index in [4.69, 9.17) is 5.73 Å². The molecule has 280 valence electrons. The minimum absolute atomic E-state index is 0.0166. The third-order valence-electron chi connectivity index (χ3n) is 8.90. The van der Waals surface area contributed by atoms with Crippen molar-refractivity contribution >= 4 is 23.0 Å². The van der Waals surface area contributed by atoms with Gasteiger partial charge in [0.25, 0.3) is 0 Å². The lowest BCUT2D eigenvalue weighted by molar-refractivity contribution is -0.137. The lowest BCUT2D eigenvalue weighted by Crippen LogP contribution is -2.55. The zero-order valence-corrected chi connectivity index (χ0v) is 31.8. The number of aromatic hydroxyl groups is 1. The second-order valence-electron chi connectivity index (χ2n) is 12.3. The van der Waals surface area contributed by atoms with Crippen LogP contribution in [-0.2, 0) is 30.7 Å². The van der Waals surface area contributed by atoms with E-state index in [1.165, 1.54) is 22.9 Å². The van der Waals surface area contributed by atoms with Crippen LogP contribution in [0.15, 0.2) is 98.2 Å². The summed E-state index contributed by atoms with van der Waals surface area (Å²) in [5.74, 6) is -2.27. The number of hydrogen-bond acceptors (Lipinski definition) is 6. The molecule has 7 nitrogen and oxygen atoms in total. The molecule has 5 rings (SSSR count). The highest BCUT2D eigenvalue weighted by Crippen LogP contribution is 2.34. The molecule has 1 aliphatic rings. The number of halogens is 2. The molecule has 6 N–H and O–H groups in total. The number of hydrogen-bond donors (Lipinski definition) is 4. The average Bonchev–Trinajstić information content (AvgIpc) is 3.15. The van der Waals surface area contributed by atoms with Gasteiger partial charge in [-0.1, -0.05) is 89.4 Å². The minimum atomic E-state index is -0.972. The summed E-state index contributed by atoms with van der Waals surface area (Å²) < 4.78 is 28.6. The Labute approximate surface area is 309 Å². The number of aryl methyl sites for hydroxylation is 2. The van der Waals surface area contributed by atoms with Gasteiger partial charge in [-0.25, -0.2) is 8.78 Å². The number of nitrogen functional groups attached to an aromatic ring is 1. The minimum Gasteiger partial charge on any atom is -0.505 e. The Morgan fingerprint density at radius 1 is 1.06 bits per heavy atom. The molecule has 4 aromatic carbocycles. The van der Waals surface area contributed by atoms with Gasteiger partial charge in [-0.2, -0.15) is 0 Å². The maximum absolute atomic E-state index is 14.3. The summed E-state index contributed by atoms with van der Waals surface area (Å²) in [5.41, 5.74) is 17.6. The first kappa shape index (κ1) is 42.9. The van der Waals surface area contributed by atoms with Crippen LogP contribution in [0.4, 0.5) is 20.2 Å². The number of fused-ring (bicyclic) bond motifs is 1. The molecular weight excluding hydrogens is 657 g/mol. The van der Waals surface area contributed by atoms with Crippen molar-refractivity contribution in [1.29, 1.82) is 0 Å². The second kappa shape index (κ2) is 21.1. The number of amides is 1. The van der Waals surface area contributed by atoms with Crippen molar-refractivity contribution in [3.63, 3.8) is 0 Å². The number of nitrogens with one attached hydrogen (secondary N) is 1. The maximum Gasteiger partial charge on any atom is 0.221 e. The van der Waals surface area contributed by atoms with E-state index >= 15 is 0 Å². The topological polar surface area (TPSA) is 108 Å². The summed E-state index contributed by atoms with van der Waals surface area (Å²) >= 11 is 0. The van der Waals surface area contributed by atoms with Crippen LogP contribution in [-0.4, -0.2) is 33.0 Å². The smallest absolute Gasteiger partial charge is 0.221 e. The molecule has 0 saturated carbocycles. The first-order chi connectivity index (χ1) is 24.9. The number of carbonyl (C=O) groups excluding carboxylic acids is 1. The Morgan fingerprint density at radius 2 is 1.67 bits per heavy atom. The van der Waals surface area contributed by atoms with Gasteiger partial charge < -0.3 is 31.7 Å². The van der Waals surface area contributed by atoms with Crippen LogP contribution in [0.1, 0.15) is 81.3 Å². The van der Waals surface area contributed by atoms with Crippen LogP contribution in [0.2, 0.25) is 0 Å². The van der Waals surface area contributed by atoms with Crippen molar-refractivity contribution in [1.82, 2.24) is 9.80 Å². The maximum atomic E-state index is 14.3. The van der Waals surface area contributed by atoms with E-state index < -0.39 is 17.4 Å². The number of rotatable bonds is 9. The lowest BCUT2D eigenvalue weighted by atomic mass is 9.94. The number of nitrogens with two attached hydrogens (primary N) is 2. The highest BCUT2D eigenvalue weighted by molar-refractivity contribution is 5.75. The molecule has 2 unspecified atom stereocenters. The van der Waals surface area contributed by atoms with Crippen molar-refractivity contribution < 1.29 is 18.7 Å². The van der Waals surface area contributed by atoms with Gasteiger partial charge in [0.1, 0.15) is 12.0 Å². The van der Waals surface area contributed by atoms with Gasteiger partial charge in [-0.3, -0.25) is 4.79 Å². The van der Waals surface area contributed by atoms with Crippen molar-refractivity contribution in [3.05, 3.63) is 143 Å². The van der Waals surface area contributed by atoms with E-state index in [1.54, 1.807) is 6.92 Å². The molecule has 0 spiro atoms. The van der Waals surface area contributed by atoms with E-state index in [2.05, 4.69) is 74.1 Å². The Kier molecular flexibility index (Phi) is 17.4. The molecule has 0 saturated heterocycles. The number of benzene rings is 4. The van der Waals surface area contributed by atoms with Crippen LogP contribution in [0.5, 0.6) is 5.75 Å². The molecule has 2 atom stereocenters. The predicted octanol–water partition coefficient (Wildman–Crippen LogP) is 9.54. The third kappa shape index (κ3) is 11.4. The van der Waals surface area contributed by atoms with Crippen molar-refractivity contribution in [2.45, 2.75) is 93.0 Å². The molecule has 0 bridgehead atoms. The highest BCUT2D eigenvalue weighted by Gasteiger charge is 2.35. The Bertz CT molecular complexity index is 1760. The van der Waals surface area contributed by atoms with Gasteiger partial charge in [0.15, 0.2) is 11.6 Å². The van der Waals surface area contributed by atoms with Gasteiger partial charge in [0.2, 0.25) is 5.91 Å². The summed E-state index contributed by atoms with van der Waals surface area (Å²) in [6.07, 6.45) is 3.66. The standard InChI is InChI=1S/C31H35F2N3O2.C8H11N.C2H5N.C2H6/c1-6-20(3)36(22(5)37)30-16-24-9-7-8-10-25(24)18-35(30)21(4)23-12-11-19(2)28(15-23)34-17-26-27(32)13-14-29(38)31(26)33;1-2-7-3-5-8(9)6-4-7;1-2-3;1-2/h7-15,20,30,34,38H,4,6,16-18H2,1-3,5H3;3-6H,2,9H2,1H3;2H,1,3H2;1-2H3. The fourth-order valence-corrected chi connectivity index (χ4v) is 5.88. The van der Waals surface area contributed by atoms with Gasteiger partial charge >= 0.3 is 0 Å². The lowest BCUT2D eigenvalue weighted by Gasteiger charge is -2.47. The molecule has 1 aliphatic heterocycles. The van der Waals surface area contributed by atoms with Gasteiger partial charge in [-0.15, -0.1) is 0 Å². The van der Waals surface area contributed by atoms with Crippen LogP contribution in [0.3, 0.4) is 0 Å². The molecule has 4 aromatic rings. The molecule has 1 amide bonds. The Balaban J connectivity index is 0.000000565. The number of phenolic OH excluding ortho intramolecular Hbond substituents is 1. The van der Waals surface area contributed by atoms with Crippen LogP contribution >= 0.6 is 0 Å². The van der Waals surface area contributed by atoms with Crippen LogP contribution < -0.4 is 16.8 Å². The molecular formula is C43H57F2N5O2. The quantitative estimate of drug-likeness (QED) is 0.129. The summed E-state index contributed by atoms with van der Waals surface area (Å²) in [5, 5.41) is 12.8. The first-order valence-corrected chi connectivity index (χ1v) is 17.9. The van der Waals surface area contributed by atoms with E-state index in [0.29, 0.717) is 18.7 Å². The normalized spacial score (nSPS) is 13.3. The van der Waals surface area contributed by atoms with Gasteiger partial charge in [-0.05, 0) is 91.0 Å². The Morgan fingerprint density at radius 3 is 2.25 bits per heavy atom. The van der Waals surface area contributed by atoms with E-state index in [0.717, 1.165) is 47.5 Å². The average molecular weight is 714 g/mol. The molecule has 1 heterocycles. The number of carbonyl (C=O) groups is 1. The summed E-state index contributed by atoms with van der Waals surface area (Å²) in [4.78, 5) is 17.0. The number of phenols is 1. The summed E-state index contributed by atoms with van der Waals surface area (Å²) in [7, 11) is 0. The second-order valence-corrected chi connectivity index (χ2v) is 12.3. The van der Waals surface area contributed by atoms with E-state index in [9.17, 15) is 18.7 Å². The van der Waals surface area contributed by atoms with E-state index in [-0.39, 0.29) is 30.2 Å². The summed E-state index contributed by atoms with van der Waals surface area (Å²) in [6, 6.07) is 24.1. The zero-order valence-electron chi connectivity index (χ0n) is 31.8. The predicted molar refractivity (Wildman–Crippen MR) is 213 cm³/mol. The zero-order chi connectivity index (χ0) is 39.0. The van der Waals surface area contributed by atoms with E-state index in [1.807, 2.05) is 68.1 Å². The molecule has 0 aliphatic carbocycles.